The molecule has 0 aliphatic carbocycles. The van der Waals surface area contributed by atoms with Crippen molar-refractivity contribution in [3.8, 4) is 0 Å². The summed E-state index contributed by atoms with van der Waals surface area (Å²) in [4.78, 5) is 44.9. The molecule has 0 saturated carbocycles. The van der Waals surface area contributed by atoms with Crippen molar-refractivity contribution in [1.29, 1.82) is 0 Å². The number of amides is 1. The first kappa shape index (κ1) is 21.2. The molecule has 3 aromatic rings. The zero-order valence-corrected chi connectivity index (χ0v) is 19.1. The van der Waals surface area contributed by atoms with Crippen LogP contribution >= 0.6 is 15.9 Å². The predicted octanol–water partition coefficient (Wildman–Crippen LogP) is 3.40. The van der Waals surface area contributed by atoms with Crippen molar-refractivity contribution < 1.29 is 14.3 Å². The number of hydrogen-bond donors (Lipinski definition) is 1. The summed E-state index contributed by atoms with van der Waals surface area (Å²) in [5.74, 6) is 0.770. The minimum absolute atomic E-state index is 0.228. The van der Waals surface area contributed by atoms with Crippen molar-refractivity contribution in [2.45, 2.75) is 26.4 Å². The molecule has 162 valence electrons. The van der Waals surface area contributed by atoms with Crippen molar-refractivity contribution in [1.82, 2.24) is 24.8 Å². The number of nitrogens with zero attached hydrogens (tertiary/aromatic N) is 5. The average Bonchev–Trinajstić information content (AvgIpc) is 3.15. The number of nitrogens with one attached hydrogen (secondary N) is 1. The summed E-state index contributed by atoms with van der Waals surface area (Å²) in [6.07, 6.45) is 1.27. The number of pyridine rings is 2. The fourth-order valence-corrected chi connectivity index (χ4v) is 3.66. The Kier molecular flexibility index (Phi) is 5.65. The molecule has 4 heterocycles. The van der Waals surface area contributed by atoms with Crippen LogP contribution in [0.2, 0.25) is 0 Å². The van der Waals surface area contributed by atoms with Crippen LogP contribution in [0.4, 0.5) is 10.6 Å². The van der Waals surface area contributed by atoms with E-state index in [1.807, 2.05) is 32.9 Å². The monoisotopic (exact) mass is 486 g/mol. The molecule has 1 fully saturated rings. The molecular formula is C21H23BrN6O3. The Balaban J connectivity index is 1.47. The molecule has 0 bridgehead atoms. The first-order valence-corrected chi connectivity index (χ1v) is 10.7. The van der Waals surface area contributed by atoms with Gasteiger partial charge in [0.1, 0.15) is 21.5 Å². The Labute approximate surface area is 188 Å². The number of piperazine rings is 1. The third-order valence-electron chi connectivity index (χ3n) is 4.79. The summed E-state index contributed by atoms with van der Waals surface area (Å²) in [6, 6.07) is 7.01. The number of ether oxygens (including phenoxy) is 1. The maximum Gasteiger partial charge on any atom is 0.410 e. The first-order chi connectivity index (χ1) is 14.7. The van der Waals surface area contributed by atoms with Gasteiger partial charge >= 0.3 is 6.09 Å². The molecule has 31 heavy (non-hydrogen) atoms. The fourth-order valence-electron chi connectivity index (χ4n) is 3.29. The lowest BCUT2D eigenvalue weighted by molar-refractivity contribution is 0.0240. The zero-order chi connectivity index (χ0) is 22.2. The van der Waals surface area contributed by atoms with Crippen LogP contribution in [0.5, 0.6) is 0 Å². The molecule has 1 aliphatic rings. The van der Waals surface area contributed by atoms with Gasteiger partial charge in [0.2, 0.25) is 5.78 Å². The molecule has 0 aromatic carbocycles. The summed E-state index contributed by atoms with van der Waals surface area (Å²) in [7, 11) is 0. The normalized spacial score (nSPS) is 14.7. The standard InChI is InChI=1S/C21H23BrN6O3/c1-21(2,3)31-20(30)28-10-8-27(9-11-28)16-5-4-14-18(25-16)26-19(24-14)17(29)13-6-7-23-15(22)12-13/h4-7,12H,8-11H2,1-3H3,(H,24,25,26). The van der Waals surface area contributed by atoms with E-state index in [-0.39, 0.29) is 17.7 Å². The van der Waals surface area contributed by atoms with Gasteiger partial charge in [-0.3, -0.25) is 4.79 Å². The van der Waals surface area contributed by atoms with Gasteiger partial charge in [-0.15, -0.1) is 0 Å². The number of anilines is 1. The highest BCUT2D eigenvalue weighted by Crippen LogP contribution is 2.20. The third-order valence-corrected chi connectivity index (χ3v) is 5.22. The number of aromatic nitrogens is 4. The summed E-state index contributed by atoms with van der Waals surface area (Å²) in [5.41, 5.74) is 1.14. The lowest BCUT2D eigenvalue weighted by Gasteiger charge is -2.36. The SMILES string of the molecule is CC(C)(C)OC(=O)N1CCN(c2ccc3nc(C(=O)c4ccnc(Br)c4)[nH]c3n2)CC1. The summed E-state index contributed by atoms with van der Waals surface area (Å²) in [6.45, 7) is 7.97. The van der Waals surface area contributed by atoms with E-state index in [2.05, 4.69) is 40.8 Å². The van der Waals surface area contributed by atoms with E-state index in [4.69, 9.17) is 4.74 Å². The molecule has 1 saturated heterocycles. The van der Waals surface area contributed by atoms with Gasteiger partial charge in [0.15, 0.2) is 11.5 Å². The number of H-pyrrole nitrogens is 1. The number of hydrogen-bond acceptors (Lipinski definition) is 7. The summed E-state index contributed by atoms with van der Waals surface area (Å²) < 4.78 is 6.03. The fraction of sp³-hybridized carbons (Fsp3) is 0.381. The smallest absolute Gasteiger partial charge is 0.410 e. The van der Waals surface area contributed by atoms with Crippen molar-refractivity contribution in [3.63, 3.8) is 0 Å². The summed E-state index contributed by atoms with van der Waals surface area (Å²) >= 11 is 3.27. The number of ketones is 1. The number of rotatable bonds is 3. The van der Waals surface area contributed by atoms with Crippen molar-refractivity contribution in [3.05, 3.63) is 46.5 Å². The number of carbonyl (C=O) groups is 2. The van der Waals surface area contributed by atoms with Crippen LogP contribution in [0.15, 0.2) is 35.1 Å². The van der Waals surface area contributed by atoms with Gasteiger partial charge < -0.3 is 19.5 Å². The molecule has 1 amide bonds. The van der Waals surface area contributed by atoms with Crippen LogP contribution < -0.4 is 4.90 Å². The van der Waals surface area contributed by atoms with Crippen LogP contribution in [0, 0.1) is 0 Å². The molecule has 1 N–H and O–H groups in total. The van der Waals surface area contributed by atoms with E-state index in [1.54, 1.807) is 23.2 Å². The van der Waals surface area contributed by atoms with Crippen LogP contribution in [-0.4, -0.2) is 68.5 Å². The molecule has 10 heteroatoms. The highest BCUT2D eigenvalue weighted by molar-refractivity contribution is 9.10. The van der Waals surface area contributed by atoms with E-state index in [0.29, 0.717) is 47.5 Å². The topological polar surface area (TPSA) is 104 Å². The van der Waals surface area contributed by atoms with E-state index < -0.39 is 5.60 Å². The predicted molar refractivity (Wildman–Crippen MR) is 119 cm³/mol. The maximum absolute atomic E-state index is 12.7. The highest BCUT2D eigenvalue weighted by Gasteiger charge is 2.26. The van der Waals surface area contributed by atoms with Gasteiger partial charge in [-0.1, -0.05) is 0 Å². The second-order valence-electron chi connectivity index (χ2n) is 8.27. The zero-order valence-electron chi connectivity index (χ0n) is 17.6. The third kappa shape index (κ3) is 4.84. The Morgan fingerprint density at radius 2 is 1.84 bits per heavy atom. The van der Waals surface area contributed by atoms with E-state index in [1.165, 1.54) is 0 Å². The maximum atomic E-state index is 12.7. The van der Waals surface area contributed by atoms with Crippen LogP contribution in [0.25, 0.3) is 11.2 Å². The Hall–Kier alpha value is -3.01. The van der Waals surface area contributed by atoms with Gasteiger partial charge in [0.05, 0.1) is 0 Å². The largest absolute Gasteiger partial charge is 0.444 e. The van der Waals surface area contributed by atoms with Crippen LogP contribution in [0.1, 0.15) is 37.0 Å². The number of carbonyl (C=O) groups excluding carboxylic acids is 2. The molecule has 0 spiro atoms. The quantitative estimate of drug-likeness (QED) is 0.446. The lowest BCUT2D eigenvalue weighted by Crippen LogP contribution is -2.50. The molecule has 9 nitrogen and oxygen atoms in total. The number of aromatic amines is 1. The number of halogens is 1. The summed E-state index contributed by atoms with van der Waals surface area (Å²) in [5, 5.41) is 0. The molecule has 0 radical (unpaired) electrons. The van der Waals surface area contributed by atoms with Crippen LogP contribution in [0.3, 0.4) is 0 Å². The first-order valence-electron chi connectivity index (χ1n) is 9.95. The van der Waals surface area contributed by atoms with E-state index >= 15 is 0 Å². The van der Waals surface area contributed by atoms with Gasteiger partial charge in [0, 0.05) is 37.9 Å². The van der Waals surface area contributed by atoms with Gasteiger partial charge in [-0.25, -0.2) is 19.7 Å². The van der Waals surface area contributed by atoms with Crippen LogP contribution in [-0.2, 0) is 4.74 Å². The molecule has 3 aromatic heterocycles. The Bertz CT molecular complexity index is 1130. The van der Waals surface area contributed by atoms with Gasteiger partial charge in [-0.05, 0) is 61.0 Å². The molecular weight excluding hydrogens is 464 g/mol. The van der Waals surface area contributed by atoms with Gasteiger partial charge in [0.25, 0.3) is 0 Å². The lowest BCUT2D eigenvalue weighted by atomic mass is 10.2. The average molecular weight is 487 g/mol. The minimum atomic E-state index is -0.511. The number of fused-ring (bicyclic) bond motifs is 1. The minimum Gasteiger partial charge on any atom is -0.444 e. The van der Waals surface area contributed by atoms with E-state index in [0.717, 1.165) is 5.82 Å². The van der Waals surface area contributed by atoms with E-state index in [9.17, 15) is 9.59 Å². The number of imidazole rings is 1. The van der Waals surface area contributed by atoms with Crippen molar-refractivity contribution in [2.75, 3.05) is 31.1 Å². The van der Waals surface area contributed by atoms with Crippen molar-refractivity contribution in [2.24, 2.45) is 0 Å². The Morgan fingerprint density at radius 3 is 2.52 bits per heavy atom. The highest BCUT2D eigenvalue weighted by atomic mass is 79.9. The molecule has 0 atom stereocenters. The van der Waals surface area contributed by atoms with Gasteiger partial charge in [-0.2, -0.15) is 0 Å². The molecule has 0 unspecified atom stereocenters. The molecule has 4 rings (SSSR count). The second kappa shape index (κ2) is 8.26. The molecule has 1 aliphatic heterocycles. The van der Waals surface area contributed by atoms with Crippen molar-refractivity contribution >= 4 is 44.8 Å². The second-order valence-corrected chi connectivity index (χ2v) is 9.09. The Morgan fingerprint density at radius 1 is 1.10 bits per heavy atom.